The van der Waals surface area contributed by atoms with Gasteiger partial charge >= 0.3 is 0 Å². The summed E-state index contributed by atoms with van der Waals surface area (Å²) in [7, 11) is 1.83. The quantitative estimate of drug-likeness (QED) is 0.891. The van der Waals surface area contributed by atoms with E-state index in [1.54, 1.807) is 23.7 Å². The average molecular weight is 313 g/mol. The minimum atomic E-state index is 0.772. The van der Waals surface area contributed by atoms with Gasteiger partial charge in [-0.25, -0.2) is 4.98 Å². The van der Waals surface area contributed by atoms with Crippen molar-refractivity contribution in [3.8, 4) is 0 Å². The summed E-state index contributed by atoms with van der Waals surface area (Å²) in [5, 5.41) is 6.22. The van der Waals surface area contributed by atoms with E-state index in [4.69, 9.17) is 0 Å². The van der Waals surface area contributed by atoms with Gasteiger partial charge in [0.15, 0.2) is 0 Å². The molecule has 0 atom stereocenters. The molecule has 0 bridgehead atoms. The molecule has 0 radical (unpaired) electrons. The summed E-state index contributed by atoms with van der Waals surface area (Å²) in [5.74, 6) is 1.57. The molecule has 0 aliphatic heterocycles. The third-order valence-electron chi connectivity index (χ3n) is 2.20. The van der Waals surface area contributed by atoms with Crippen LogP contribution in [0.15, 0.2) is 28.3 Å². The molecule has 0 spiro atoms. The Balaban J connectivity index is 1.85. The molecule has 6 heteroatoms. The predicted molar refractivity (Wildman–Crippen MR) is 75.8 cm³/mol. The van der Waals surface area contributed by atoms with Crippen LogP contribution in [-0.2, 0) is 6.42 Å². The molecule has 2 aromatic rings. The lowest BCUT2D eigenvalue weighted by molar-refractivity contribution is 1.02. The molecule has 0 fully saturated rings. The number of halogens is 1. The summed E-state index contributed by atoms with van der Waals surface area (Å²) in [6.45, 7) is 0.856. The fraction of sp³-hybridized carbons (Fsp3) is 0.273. The maximum absolute atomic E-state index is 4.34. The third-order valence-corrected chi connectivity index (χ3v) is 3.88. The van der Waals surface area contributed by atoms with Gasteiger partial charge in [-0.1, -0.05) is 0 Å². The average Bonchev–Trinajstić information content (AvgIpc) is 2.75. The highest BCUT2D eigenvalue weighted by Crippen LogP contribution is 2.22. The fourth-order valence-corrected chi connectivity index (χ4v) is 2.85. The molecule has 0 unspecified atom stereocenters. The Labute approximate surface area is 113 Å². The first-order valence-electron chi connectivity index (χ1n) is 5.26. The van der Waals surface area contributed by atoms with E-state index < -0.39 is 0 Å². The van der Waals surface area contributed by atoms with Crippen LogP contribution < -0.4 is 10.6 Å². The number of hydrogen-bond donors (Lipinski definition) is 2. The SMILES string of the molecule is CNc1cncc(NCCc2ccc(Br)s2)n1. The van der Waals surface area contributed by atoms with Gasteiger partial charge in [-0.2, -0.15) is 0 Å². The molecule has 2 heterocycles. The lowest BCUT2D eigenvalue weighted by Crippen LogP contribution is -2.06. The van der Waals surface area contributed by atoms with Gasteiger partial charge in [0.1, 0.15) is 11.6 Å². The molecule has 0 aliphatic rings. The molecule has 4 nitrogen and oxygen atoms in total. The zero-order valence-electron chi connectivity index (χ0n) is 9.40. The second-order valence-electron chi connectivity index (χ2n) is 3.42. The number of hydrogen-bond acceptors (Lipinski definition) is 5. The summed E-state index contributed by atoms with van der Waals surface area (Å²) in [6.07, 6.45) is 4.41. The minimum absolute atomic E-state index is 0.772. The smallest absolute Gasteiger partial charge is 0.146 e. The van der Waals surface area contributed by atoms with Crippen LogP contribution in [0.25, 0.3) is 0 Å². The minimum Gasteiger partial charge on any atom is -0.372 e. The Kier molecular flexibility index (Phi) is 4.33. The summed E-state index contributed by atoms with van der Waals surface area (Å²) in [5.41, 5.74) is 0. The maximum Gasteiger partial charge on any atom is 0.146 e. The van der Waals surface area contributed by atoms with Crippen LogP contribution >= 0.6 is 27.3 Å². The molecule has 0 aliphatic carbocycles. The van der Waals surface area contributed by atoms with Crippen LogP contribution in [0.2, 0.25) is 0 Å². The molecular formula is C11H13BrN4S. The second-order valence-corrected chi connectivity index (χ2v) is 5.97. The van der Waals surface area contributed by atoms with E-state index in [0.29, 0.717) is 0 Å². The van der Waals surface area contributed by atoms with Crippen LogP contribution in [0, 0.1) is 0 Å². The van der Waals surface area contributed by atoms with Crippen molar-refractivity contribution in [3.63, 3.8) is 0 Å². The van der Waals surface area contributed by atoms with E-state index in [-0.39, 0.29) is 0 Å². The summed E-state index contributed by atoms with van der Waals surface area (Å²) < 4.78 is 1.17. The van der Waals surface area contributed by atoms with E-state index in [2.05, 4.69) is 48.7 Å². The summed E-state index contributed by atoms with van der Waals surface area (Å²) >= 11 is 5.21. The maximum atomic E-state index is 4.34. The highest BCUT2D eigenvalue weighted by Gasteiger charge is 1.99. The lowest BCUT2D eigenvalue weighted by Gasteiger charge is -2.05. The number of thiophene rings is 1. The Hall–Kier alpha value is -1.14. The molecule has 2 rings (SSSR count). The zero-order chi connectivity index (χ0) is 12.1. The first-order valence-corrected chi connectivity index (χ1v) is 6.87. The summed E-state index contributed by atoms with van der Waals surface area (Å²) in [4.78, 5) is 9.78. The Morgan fingerprint density at radius 1 is 1.29 bits per heavy atom. The van der Waals surface area contributed by atoms with Gasteiger partial charge in [-0.05, 0) is 34.5 Å². The number of aromatic nitrogens is 2. The molecule has 0 saturated carbocycles. The summed E-state index contributed by atoms with van der Waals surface area (Å²) in [6, 6.07) is 4.20. The normalized spacial score (nSPS) is 10.2. The van der Waals surface area contributed by atoms with E-state index in [9.17, 15) is 0 Å². The first kappa shape index (κ1) is 12.3. The van der Waals surface area contributed by atoms with Crippen LogP contribution in [0.4, 0.5) is 11.6 Å². The van der Waals surface area contributed by atoms with E-state index >= 15 is 0 Å². The standard InChI is InChI=1S/C11H13BrN4S/c1-13-10-6-14-7-11(16-10)15-5-4-8-2-3-9(12)17-8/h2-3,6-7H,4-5H2,1H3,(H2,13,15,16). The van der Waals surface area contributed by atoms with Crippen molar-refractivity contribution < 1.29 is 0 Å². The molecule has 90 valence electrons. The second kappa shape index (κ2) is 5.97. The van der Waals surface area contributed by atoms with Crippen molar-refractivity contribution in [2.24, 2.45) is 0 Å². The van der Waals surface area contributed by atoms with Crippen LogP contribution in [-0.4, -0.2) is 23.6 Å². The molecule has 0 aromatic carbocycles. The Morgan fingerprint density at radius 3 is 2.82 bits per heavy atom. The monoisotopic (exact) mass is 312 g/mol. The molecule has 17 heavy (non-hydrogen) atoms. The largest absolute Gasteiger partial charge is 0.372 e. The topological polar surface area (TPSA) is 49.8 Å². The predicted octanol–water partition coefficient (Wildman–Crippen LogP) is 3.00. The molecule has 0 amide bonds. The van der Waals surface area contributed by atoms with Crippen molar-refractivity contribution in [1.29, 1.82) is 0 Å². The molecule has 2 aromatic heterocycles. The zero-order valence-corrected chi connectivity index (χ0v) is 11.8. The van der Waals surface area contributed by atoms with Crippen molar-refractivity contribution in [1.82, 2.24) is 9.97 Å². The fourth-order valence-electron chi connectivity index (χ4n) is 1.37. The van der Waals surface area contributed by atoms with Crippen molar-refractivity contribution in [2.75, 3.05) is 24.2 Å². The van der Waals surface area contributed by atoms with Crippen LogP contribution in [0.5, 0.6) is 0 Å². The highest BCUT2D eigenvalue weighted by atomic mass is 79.9. The molecule has 2 N–H and O–H groups in total. The van der Waals surface area contributed by atoms with Gasteiger partial charge < -0.3 is 10.6 Å². The van der Waals surface area contributed by atoms with Gasteiger partial charge in [0.2, 0.25) is 0 Å². The number of anilines is 2. The van der Waals surface area contributed by atoms with E-state index in [0.717, 1.165) is 24.6 Å². The van der Waals surface area contributed by atoms with Gasteiger partial charge in [-0.3, -0.25) is 4.98 Å². The lowest BCUT2D eigenvalue weighted by atomic mass is 10.3. The first-order chi connectivity index (χ1) is 8.28. The number of nitrogens with zero attached hydrogens (tertiary/aromatic N) is 2. The van der Waals surface area contributed by atoms with E-state index in [1.165, 1.54) is 8.66 Å². The Morgan fingerprint density at radius 2 is 2.12 bits per heavy atom. The van der Waals surface area contributed by atoms with Gasteiger partial charge in [0, 0.05) is 18.5 Å². The van der Waals surface area contributed by atoms with Crippen molar-refractivity contribution in [3.05, 3.63) is 33.2 Å². The van der Waals surface area contributed by atoms with Crippen LogP contribution in [0.3, 0.4) is 0 Å². The number of rotatable bonds is 5. The molecule has 0 saturated heterocycles. The van der Waals surface area contributed by atoms with Gasteiger partial charge in [0.25, 0.3) is 0 Å². The van der Waals surface area contributed by atoms with Crippen molar-refractivity contribution in [2.45, 2.75) is 6.42 Å². The van der Waals surface area contributed by atoms with Crippen LogP contribution in [0.1, 0.15) is 4.88 Å². The van der Waals surface area contributed by atoms with E-state index in [1.807, 2.05) is 7.05 Å². The highest BCUT2D eigenvalue weighted by molar-refractivity contribution is 9.11. The van der Waals surface area contributed by atoms with Crippen molar-refractivity contribution >= 4 is 38.9 Å². The van der Waals surface area contributed by atoms with Gasteiger partial charge in [0.05, 0.1) is 16.2 Å². The Bertz CT molecular complexity index is 486. The number of nitrogens with one attached hydrogen (secondary N) is 2. The van der Waals surface area contributed by atoms with Gasteiger partial charge in [-0.15, -0.1) is 11.3 Å². The molecular weight excluding hydrogens is 300 g/mol. The third kappa shape index (κ3) is 3.67.